The summed E-state index contributed by atoms with van der Waals surface area (Å²) in [4.78, 5) is 14.2. The number of nitrogens with zero attached hydrogens (tertiary/aromatic N) is 1. The molecule has 1 saturated heterocycles. The summed E-state index contributed by atoms with van der Waals surface area (Å²) in [5.41, 5.74) is -0.153. The molecule has 0 spiro atoms. The van der Waals surface area contributed by atoms with Gasteiger partial charge in [-0.15, -0.1) is 0 Å². The number of likely N-dealkylation sites (tertiary alicyclic amines) is 1. The van der Waals surface area contributed by atoms with E-state index >= 15 is 0 Å². The van der Waals surface area contributed by atoms with Gasteiger partial charge in [-0.05, 0) is 46.6 Å². The minimum atomic E-state index is -0.153. The van der Waals surface area contributed by atoms with Crippen LogP contribution in [0.3, 0.4) is 0 Å². The Morgan fingerprint density at radius 2 is 2.24 bits per heavy atom. The van der Waals surface area contributed by atoms with Gasteiger partial charge in [0.2, 0.25) is 5.91 Å². The van der Waals surface area contributed by atoms with E-state index in [0.29, 0.717) is 0 Å². The normalized spacial score (nSPS) is 23.7. The average Bonchev–Trinajstić information content (AvgIpc) is 2.75. The number of nitrogens with one attached hydrogen (secondary N) is 1. The molecular weight excluding hydrogens is 216 g/mol. The van der Waals surface area contributed by atoms with Gasteiger partial charge in [0.05, 0.1) is 12.6 Å². The number of hydrogen-bond donors (Lipinski definition) is 2. The minimum Gasteiger partial charge on any atom is -0.395 e. The van der Waals surface area contributed by atoms with E-state index in [0.717, 1.165) is 25.8 Å². The Morgan fingerprint density at radius 3 is 2.76 bits per heavy atom. The summed E-state index contributed by atoms with van der Waals surface area (Å²) in [7, 11) is 0. The van der Waals surface area contributed by atoms with Gasteiger partial charge < -0.3 is 10.4 Å². The van der Waals surface area contributed by atoms with Gasteiger partial charge in [0.25, 0.3) is 0 Å². The van der Waals surface area contributed by atoms with Crippen molar-refractivity contribution in [1.82, 2.24) is 10.2 Å². The van der Waals surface area contributed by atoms with Crippen LogP contribution in [0.25, 0.3) is 0 Å². The SMILES string of the molecule is CCC(C)(C)NC(=O)C(C)N1CCCC1CO. The molecule has 2 atom stereocenters. The first kappa shape index (κ1) is 14.5. The third kappa shape index (κ3) is 3.68. The summed E-state index contributed by atoms with van der Waals surface area (Å²) in [6.07, 6.45) is 2.97. The zero-order valence-electron chi connectivity index (χ0n) is 11.5. The molecule has 1 rings (SSSR count). The van der Waals surface area contributed by atoms with Crippen LogP contribution in [0.15, 0.2) is 0 Å². The molecule has 0 saturated carbocycles. The molecule has 0 radical (unpaired) electrons. The number of carbonyl (C=O) groups is 1. The predicted molar refractivity (Wildman–Crippen MR) is 68.8 cm³/mol. The lowest BCUT2D eigenvalue weighted by atomic mass is 10.0. The second kappa shape index (κ2) is 5.83. The van der Waals surface area contributed by atoms with Crippen molar-refractivity contribution in [3.63, 3.8) is 0 Å². The lowest BCUT2D eigenvalue weighted by molar-refractivity contribution is -0.128. The molecule has 1 aliphatic rings. The molecule has 0 bridgehead atoms. The fraction of sp³-hybridized carbons (Fsp3) is 0.923. The summed E-state index contributed by atoms with van der Waals surface area (Å²) in [6.45, 7) is 9.11. The van der Waals surface area contributed by atoms with E-state index in [4.69, 9.17) is 0 Å². The van der Waals surface area contributed by atoms with E-state index in [9.17, 15) is 9.90 Å². The highest BCUT2D eigenvalue weighted by Crippen LogP contribution is 2.20. The number of carbonyl (C=O) groups excluding carboxylic acids is 1. The Kier molecular flexibility index (Phi) is 4.95. The van der Waals surface area contributed by atoms with Crippen LogP contribution in [-0.4, -0.2) is 46.7 Å². The smallest absolute Gasteiger partial charge is 0.237 e. The third-order valence-corrected chi connectivity index (χ3v) is 3.86. The van der Waals surface area contributed by atoms with Crippen LogP contribution in [-0.2, 0) is 4.79 Å². The zero-order valence-corrected chi connectivity index (χ0v) is 11.5. The predicted octanol–water partition coefficient (Wildman–Crippen LogP) is 1.14. The van der Waals surface area contributed by atoms with E-state index in [2.05, 4.69) is 17.1 Å². The maximum atomic E-state index is 12.1. The lowest BCUT2D eigenvalue weighted by Crippen LogP contribution is -2.53. The van der Waals surface area contributed by atoms with Crippen LogP contribution in [0.1, 0.15) is 47.0 Å². The topological polar surface area (TPSA) is 52.6 Å². The highest BCUT2D eigenvalue weighted by molar-refractivity contribution is 5.82. The van der Waals surface area contributed by atoms with Crippen molar-refractivity contribution in [2.45, 2.75) is 64.6 Å². The second-order valence-electron chi connectivity index (χ2n) is 5.62. The van der Waals surface area contributed by atoms with Gasteiger partial charge in [0, 0.05) is 11.6 Å². The molecule has 1 fully saturated rings. The Labute approximate surface area is 104 Å². The molecule has 4 nitrogen and oxygen atoms in total. The largest absolute Gasteiger partial charge is 0.395 e. The van der Waals surface area contributed by atoms with Crippen molar-refractivity contribution in [3.05, 3.63) is 0 Å². The van der Waals surface area contributed by atoms with Crippen molar-refractivity contribution in [1.29, 1.82) is 0 Å². The fourth-order valence-corrected chi connectivity index (χ4v) is 2.24. The van der Waals surface area contributed by atoms with E-state index in [1.807, 2.05) is 20.8 Å². The van der Waals surface area contributed by atoms with Crippen LogP contribution in [0.5, 0.6) is 0 Å². The summed E-state index contributed by atoms with van der Waals surface area (Å²) < 4.78 is 0. The molecule has 2 N–H and O–H groups in total. The van der Waals surface area contributed by atoms with Gasteiger partial charge in [0.15, 0.2) is 0 Å². The first-order valence-corrected chi connectivity index (χ1v) is 6.60. The minimum absolute atomic E-state index is 0.0669. The van der Waals surface area contributed by atoms with E-state index in [-0.39, 0.29) is 30.1 Å². The number of amides is 1. The van der Waals surface area contributed by atoms with Crippen molar-refractivity contribution < 1.29 is 9.90 Å². The van der Waals surface area contributed by atoms with Gasteiger partial charge in [-0.2, -0.15) is 0 Å². The zero-order chi connectivity index (χ0) is 13.1. The van der Waals surface area contributed by atoms with Gasteiger partial charge in [-0.1, -0.05) is 6.92 Å². The van der Waals surface area contributed by atoms with Crippen LogP contribution in [0.4, 0.5) is 0 Å². The molecule has 1 amide bonds. The maximum absolute atomic E-state index is 12.1. The van der Waals surface area contributed by atoms with E-state index in [1.165, 1.54) is 0 Å². The highest BCUT2D eigenvalue weighted by atomic mass is 16.3. The number of hydrogen-bond acceptors (Lipinski definition) is 3. The number of aliphatic hydroxyl groups is 1. The number of rotatable bonds is 5. The lowest BCUT2D eigenvalue weighted by Gasteiger charge is -2.32. The van der Waals surface area contributed by atoms with Gasteiger partial charge in [0.1, 0.15) is 0 Å². The maximum Gasteiger partial charge on any atom is 0.237 e. The van der Waals surface area contributed by atoms with Crippen LogP contribution in [0.2, 0.25) is 0 Å². The molecule has 100 valence electrons. The van der Waals surface area contributed by atoms with Crippen molar-refractivity contribution in [2.24, 2.45) is 0 Å². The quantitative estimate of drug-likeness (QED) is 0.760. The summed E-state index contributed by atoms with van der Waals surface area (Å²) >= 11 is 0. The Balaban J connectivity index is 2.57. The molecular formula is C13H26N2O2. The highest BCUT2D eigenvalue weighted by Gasteiger charge is 2.32. The van der Waals surface area contributed by atoms with Crippen molar-refractivity contribution in [2.75, 3.05) is 13.2 Å². The molecule has 2 unspecified atom stereocenters. The fourth-order valence-electron chi connectivity index (χ4n) is 2.24. The van der Waals surface area contributed by atoms with Gasteiger partial charge in [-0.25, -0.2) is 0 Å². The van der Waals surface area contributed by atoms with Crippen molar-refractivity contribution in [3.8, 4) is 0 Å². The van der Waals surface area contributed by atoms with Crippen molar-refractivity contribution >= 4 is 5.91 Å². The van der Waals surface area contributed by atoms with Crippen LogP contribution in [0, 0.1) is 0 Å². The van der Waals surface area contributed by atoms with Gasteiger partial charge >= 0.3 is 0 Å². The van der Waals surface area contributed by atoms with E-state index < -0.39 is 0 Å². The molecule has 0 aromatic heterocycles. The molecule has 4 heteroatoms. The average molecular weight is 242 g/mol. The first-order chi connectivity index (χ1) is 7.91. The molecule has 1 heterocycles. The second-order valence-corrected chi connectivity index (χ2v) is 5.62. The molecule has 0 aliphatic carbocycles. The third-order valence-electron chi connectivity index (χ3n) is 3.86. The van der Waals surface area contributed by atoms with Crippen LogP contribution < -0.4 is 5.32 Å². The Bertz CT molecular complexity index is 266. The molecule has 17 heavy (non-hydrogen) atoms. The monoisotopic (exact) mass is 242 g/mol. The summed E-state index contributed by atoms with van der Waals surface area (Å²) in [5.74, 6) is 0.0669. The molecule has 1 aliphatic heterocycles. The molecule has 0 aromatic carbocycles. The standard InChI is InChI=1S/C13H26N2O2/c1-5-13(3,4)14-12(17)10(2)15-8-6-7-11(15)9-16/h10-11,16H,5-9H2,1-4H3,(H,14,17). The summed E-state index contributed by atoms with van der Waals surface area (Å²) in [6, 6.07) is 0.000892. The Morgan fingerprint density at radius 1 is 1.59 bits per heavy atom. The van der Waals surface area contributed by atoms with E-state index in [1.54, 1.807) is 0 Å². The van der Waals surface area contributed by atoms with Crippen LogP contribution >= 0.6 is 0 Å². The van der Waals surface area contributed by atoms with Gasteiger partial charge in [-0.3, -0.25) is 9.69 Å². The Hall–Kier alpha value is -0.610. The number of aliphatic hydroxyl groups excluding tert-OH is 1. The molecule has 0 aromatic rings. The first-order valence-electron chi connectivity index (χ1n) is 6.60. The summed E-state index contributed by atoms with van der Waals surface area (Å²) in [5, 5.41) is 12.3.